The van der Waals surface area contributed by atoms with Gasteiger partial charge in [-0.1, -0.05) is 48.4 Å². The molecular formula is C17H23N3S2. The molecule has 0 amide bonds. The number of hydrogen-bond donors (Lipinski definition) is 1. The molecule has 1 aromatic heterocycles. The van der Waals surface area contributed by atoms with Gasteiger partial charge in [0.15, 0.2) is 4.34 Å². The van der Waals surface area contributed by atoms with Crippen molar-refractivity contribution in [3.63, 3.8) is 0 Å². The Bertz CT molecular complexity index is 618. The number of hydrogen-bond acceptors (Lipinski definition) is 5. The van der Waals surface area contributed by atoms with Crippen molar-refractivity contribution in [3.8, 4) is 0 Å². The second-order valence-electron chi connectivity index (χ2n) is 6.11. The van der Waals surface area contributed by atoms with Gasteiger partial charge in [-0.3, -0.25) is 0 Å². The van der Waals surface area contributed by atoms with Crippen LogP contribution in [0.5, 0.6) is 0 Å². The Balaban J connectivity index is 1.55. The summed E-state index contributed by atoms with van der Waals surface area (Å²) in [6, 6.07) is 6.39. The van der Waals surface area contributed by atoms with E-state index in [4.69, 9.17) is 0 Å². The first kappa shape index (κ1) is 15.8. The van der Waals surface area contributed by atoms with Crippen LogP contribution in [0, 0.1) is 19.8 Å². The molecule has 1 aromatic carbocycles. The highest BCUT2D eigenvalue weighted by Crippen LogP contribution is 2.33. The molecule has 22 heavy (non-hydrogen) atoms. The van der Waals surface area contributed by atoms with Gasteiger partial charge >= 0.3 is 0 Å². The Morgan fingerprint density at radius 1 is 1.14 bits per heavy atom. The van der Waals surface area contributed by atoms with Gasteiger partial charge < -0.3 is 5.32 Å². The third-order valence-electron chi connectivity index (χ3n) is 4.33. The molecule has 0 unspecified atom stereocenters. The predicted molar refractivity (Wildman–Crippen MR) is 96.4 cm³/mol. The van der Waals surface area contributed by atoms with Gasteiger partial charge in [-0.2, -0.15) is 0 Å². The van der Waals surface area contributed by atoms with Crippen LogP contribution in [0.1, 0.15) is 43.2 Å². The zero-order valence-electron chi connectivity index (χ0n) is 13.3. The molecule has 0 atom stereocenters. The smallest absolute Gasteiger partial charge is 0.210 e. The van der Waals surface area contributed by atoms with E-state index in [1.54, 1.807) is 11.3 Å². The van der Waals surface area contributed by atoms with E-state index in [1.165, 1.54) is 49.0 Å². The molecule has 118 valence electrons. The average Bonchev–Trinajstić information content (AvgIpc) is 2.97. The van der Waals surface area contributed by atoms with Crippen LogP contribution >= 0.6 is 23.1 Å². The van der Waals surface area contributed by atoms with Crippen LogP contribution in [-0.4, -0.2) is 16.0 Å². The summed E-state index contributed by atoms with van der Waals surface area (Å²) < 4.78 is 1.08. The molecule has 0 saturated heterocycles. The van der Waals surface area contributed by atoms with Gasteiger partial charge in [-0.15, -0.1) is 10.2 Å². The van der Waals surface area contributed by atoms with Crippen LogP contribution in [0.15, 0.2) is 22.5 Å². The summed E-state index contributed by atoms with van der Waals surface area (Å²) in [6.07, 6.45) is 7.00. The first-order valence-corrected chi connectivity index (χ1v) is 9.81. The number of anilines is 2. The van der Waals surface area contributed by atoms with E-state index in [1.807, 2.05) is 11.8 Å². The maximum Gasteiger partial charge on any atom is 0.210 e. The van der Waals surface area contributed by atoms with Crippen LogP contribution in [-0.2, 0) is 0 Å². The van der Waals surface area contributed by atoms with Crippen molar-refractivity contribution in [1.29, 1.82) is 0 Å². The molecule has 1 aliphatic carbocycles. The molecule has 0 radical (unpaired) electrons. The molecule has 0 spiro atoms. The van der Waals surface area contributed by atoms with Crippen molar-refractivity contribution in [2.45, 2.75) is 50.3 Å². The van der Waals surface area contributed by atoms with Crippen LogP contribution in [0.4, 0.5) is 10.8 Å². The third-order valence-corrected chi connectivity index (χ3v) is 6.54. The highest BCUT2D eigenvalue weighted by Gasteiger charge is 2.15. The maximum atomic E-state index is 4.31. The highest BCUT2D eigenvalue weighted by molar-refractivity contribution is 8.01. The number of nitrogens with zero attached hydrogens (tertiary/aromatic N) is 2. The third kappa shape index (κ3) is 4.23. The van der Waals surface area contributed by atoms with E-state index in [0.29, 0.717) is 0 Å². The number of nitrogens with one attached hydrogen (secondary N) is 1. The monoisotopic (exact) mass is 333 g/mol. The number of benzene rings is 1. The standard InChI is InChI=1S/C17H23N3S2/c1-12-8-9-15(10-13(12)2)18-16-19-20-17(22-16)21-11-14-6-4-3-5-7-14/h8-10,14H,3-7,11H2,1-2H3,(H,18,19). The normalized spacial score (nSPS) is 15.9. The summed E-state index contributed by atoms with van der Waals surface area (Å²) in [7, 11) is 0. The minimum Gasteiger partial charge on any atom is -0.330 e. The molecule has 1 saturated carbocycles. The fourth-order valence-electron chi connectivity index (χ4n) is 2.80. The summed E-state index contributed by atoms with van der Waals surface area (Å²) in [5.74, 6) is 2.07. The lowest BCUT2D eigenvalue weighted by Crippen LogP contribution is -2.08. The van der Waals surface area contributed by atoms with E-state index in [-0.39, 0.29) is 0 Å². The van der Waals surface area contributed by atoms with E-state index < -0.39 is 0 Å². The predicted octanol–water partition coefficient (Wildman–Crippen LogP) is 5.57. The average molecular weight is 334 g/mol. The molecule has 1 heterocycles. The summed E-state index contributed by atoms with van der Waals surface area (Å²) in [5, 5.41) is 12.8. The molecule has 1 aliphatic rings. The largest absolute Gasteiger partial charge is 0.330 e. The SMILES string of the molecule is Cc1ccc(Nc2nnc(SCC3CCCCC3)s2)cc1C. The van der Waals surface area contributed by atoms with Gasteiger partial charge in [-0.25, -0.2) is 0 Å². The minimum atomic E-state index is 0.874. The fourth-order valence-corrected chi connectivity index (χ4v) is 4.79. The molecule has 1 N–H and O–H groups in total. The Morgan fingerprint density at radius 2 is 1.95 bits per heavy atom. The summed E-state index contributed by atoms with van der Waals surface area (Å²) >= 11 is 3.52. The van der Waals surface area contributed by atoms with Crippen molar-refractivity contribution in [2.24, 2.45) is 5.92 Å². The fraction of sp³-hybridized carbons (Fsp3) is 0.529. The van der Waals surface area contributed by atoms with E-state index in [0.717, 1.165) is 21.1 Å². The van der Waals surface area contributed by atoms with E-state index in [2.05, 4.69) is 47.6 Å². The first-order chi connectivity index (χ1) is 10.7. The molecule has 0 bridgehead atoms. The van der Waals surface area contributed by atoms with E-state index in [9.17, 15) is 0 Å². The number of aryl methyl sites for hydroxylation is 2. The second kappa shape index (κ2) is 7.47. The van der Waals surface area contributed by atoms with Crippen LogP contribution < -0.4 is 5.32 Å². The first-order valence-electron chi connectivity index (χ1n) is 8.01. The topological polar surface area (TPSA) is 37.8 Å². The lowest BCUT2D eigenvalue weighted by Gasteiger charge is -2.20. The molecule has 3 nitrogen and oxygen atoms in total. The van der Waals surface area contributed by atoms with E-state index >= 15 is 0 Å². The zero-order valence-corrected chi connectivity index (χ0v) is 14.9. The number of thioether (sulfide) groups is 1. The Kier molecular flexibility index (Phi) is 5.37. The molecule has 5 heteroatoms. The molecule has 3 rings (SSSR count). The number of rotatable bonds is 5. The van der Waals surface area contributed by atoms with Crippen LogP contribution in [0.3, 0.4) is 0 Å². The maximum absolute atomic E-state index is 4.31. The number of aromatic nitrogens is 2. The summed E-state index contributed by atoms with van der Waals surface area (Å²) in [4.78, 5) is 0. The van der Waals surface area contributed by atoms with Crippen LogP contribution in [0.25, 0.3) is 0 Å². The Hall–Kier alpha value is -1.07. The molecular weight excluding hydrogens is 310 g/mol. The van der Waals surface area contributed by atoms with Crippen molar-refractivity contribution in [3.05, 3.63) is 29.3 Å². The highest BCUT2D eigenvalue weighted by atomic mass is 32.2. The van der Waals surface area contributed by atoms with Gasteiger partial charge in [0.2, 0.25) is 5.13 Å². The lowest BCUT2D eigenvalue weighted by atomic mass is 9.91. The second-order valence-corrected chi connectivity index (χ2v) is 8.36. The van der Waals surface area contributed by atoms with Crippen molar-refractivity contribution >= 4 is 33.9 Å². The van der Waals surface area contributed by atoms with Gasteiger partial charge in [-0.05, 0) is 55.9 Å². The minimum absolute atomic E-state index is 0.874. The summed E-state index contributed by atoms with van der Waals surface area (Å²) in [6.45, 7) is 4.26. The van der Waals surface area contributed by atoms with Crippen LogP contribution in [0.2, 0.25) is 0 Å². The van der Waals surface area contributed by atoms with Gasteiger partial charge in [0, 0.05) is 11.4 Å². The Morgan fingerprint density at radius 3 is 2.73 bits per heavy atom. The van der Waals surface area contributed by atoms with Gasteiger partial charge in [0.25, 0.3) is 0 Å². The lowest BCUT2D eigenvalue weighted by molar-refractivity contribution is 0.391. The Labute approximate surface area is 140 Å². The zero-order chi connectivity index (χ0) is 15.4. The van der Waals surface area contributed by atoms with Gasteiger partial charge in [0.05, 0.1) is 0 Å². The molecule has 0 aliphatic heterocycles. The van der Waals surface area contributed by atoms with Crippen molar-refractivity contribution in [2.75, 3.05) is 11.1 Å². The molecule has 1 fully saturated rings. The summed E-state index contributed by atoms with van der Waals surface area (Å²) in [5.41, 5.74) is 3.69. The van der Waals surface area contributed by atoms with Crippen molar-refractivity contribution in [1.82, 2.24) is 10.2 Å². The quantitative estimate of drug-likeness (QED) is 0.726. The van der Waals surface area contributed by atoms with Crippen molar-refractivity contribution < 1.29 is 0 Å². The van der Waals surface area contributed by atoms with Gasteiger partial charge in [0.1, 0.15) is 0 Å². The molecule has 2 aromatic rings.